The van der Waals surface area contributed by atoms with Crippen molar-refractivity contribution in [2.24, 2.45) is 11.3 Å². The molecule has 0 radical (unpaired) electrons. The fourth-order valence-corrected chi connectivity index (χ4v) is 4.53. The predicted molar refractivity (Wildman–Crippen MR) is 118 cm³/mol. The number of ketones is 1. The van der Waals surface area contributed by atoms with Gasteiger partial charge in [-0.25, -0.2) is 4.79 Å². The molecule has 0 bridgehead atoms. The Labute approximate surface area is 186 Å². The lowest BCUT2D eigenvalue weighted by molar-refractivity contribution is -0.384. The van der Waals surface area contributed by atoms with Crippen LogP contribution in [0.1, 0.15) is 54.0 Å². The van der Waals surface area contributed by atoms with Crippen molar-refractivity contribution in [3.05, 3.63) is 39.9 Å². The second kappa shape index (κ2) is 8.98. The van der Waals surface area contributed by atoms with Gasteiger partial charge >= 0.3 is 5.97 Å². The Morgan fingerprint density at radius 1 is 1.16 bits per heavy atom. The number of nitro benzene ring substituents is 1. The maximum absolute atomic E-state index is 13.2. The van der Waals surface area contributed by atoms with E-state index in [9.17, 15) is 24.5 Å². The van der Waals surface area contributed by atoms with Crippen LogP contribution in [0.4, 0.5) is 5.69 Å². The summed E-state index contributed by atoms with van der Waals surface area (Å²) in [4.78, 5) is 50.5. The molecule has 0 saturated carbocycles. The third-order valence-electron chi connectivity index (χ3n) is 4.84. The molecule has 9 heteroatoms. The van der Waals surface area contributed by atoms with E-state index in [0.29, 0.717) is 5.56 Å². The van der Waals surface area contributed by atoms with Gasteiger partial charge in [0.2, 0.25) is 5.91 Å². The Morgan fingerprint density at radius 3 is 2.16 bits per heavy atom. The highest BCUT2D eigenvalue weighted by molar-refractivity contribution is 8.01. The Kier molecular flexibility index (Phi) is 7.20. The predicted octanol–water partition coefficient (Wildman–Crippen LogP) is 3.96. The lowest BCUT2D eigenvalue weighted by atomic mass is 9.83. The molecular weight excluding hydrogens is 420 g/mol. The number of rotatable bonds is 7. The fourth-order valence-electron chi connectivity index (χ4n) is 3.14. The Balaban J connectivity index is 2.25. The number of benzene rings is 1. The van der Waals surface area contributed by atoms with Crippen molar-refractivity contribution in [2.75, 3.05) is 0 Å². The standard InChI is InChI=1S/C22H30N2O6S/c1-13-18(26)23(19(13)31-22(5,6)7)16(17(25)21(2,3)4)20(27)30-12-14-8-10-15(11-9-14)24(28)29/h8-11,13,16,19H,12H2,1-7H3. The molecule has 1 aliphatic heterocycles. The normalized spacial score (nSPS) is 20.1. The van der Waals surface area contributed by atoms with Crippen molar-refractivity contribution in [1.82, 2.24) is 4.90 Å². The number of likely N-dealkylation sites (tertiary alicyclic amines) is 1. The van der Waals surface area contributed by atoms with Crippen LogP contribution in [0.3, 0.4) is 0 Å². The summed E-state index contributed by atoms with van der Waals surface area (Å²) in [5, 5.41) is 10.5. The van der Waals surface area contributed by atoms with Gasteiger partial charge in [0, 0.05) is 22.3 Å². The molecule has 1 aromatic rings. The zero-order valence-corrected chi connectivity index (χ0v) is 19.8. The summed E-state index contributed by atoms with van der Waals surface area (Å²) < 4.78 is 5.22. The summed E-state index contributed by atoms with van der Waals surface area (Å²) in [7, 11) is 0. The first-order valence-electron chi connectivity index (χ1n) is 10.1. The number of carbonyl (C=O) groups excluding carboxylic acids is 3. The zero-order chi connectivity index (χ0) is 23.7. The molecule has 1 fully saturated rings. The molecule has 0 spiro atoms. The van der Waals surface area contributed by atoms with Gasteiger partial charge in [-0.2, -0.15) is 0 Å². The van der Waals surface area contributed by atoms with Crippen LogP contribution in [0, 0.1) is 21.4 Å². The van der Waals surface area contributed by atoms with Crippen molar-refractivity contribution < 1.29 is 24.0 Å². The number of esters is 1. The maximum Gasteiger partial charge on any atom is 0.337 e. The number of non-ortho nitro benzene ring substituents is 1. The van der Waals surface area contributed by atoms with Crippen LogP contribution in [0.25, 0.3) is 0 Å². The van der Waals surface area contributed by atoms with E-state index in [1.165, 1.54) is 40.9 Å². The van der Waals surface area contributed by atoms with Crippen molar-refractivity contribution >= 4 is 35.1 Å². The van der Waals surface area contributed by atoms with Crippen molar-refractivity contribution in [3.8, 4) is 0 Å². The van der Waals surface area contributed by atoms with E-state index in [2.05, 4.69) is 0 Å². The first-order chi connectivity index (χ1) is 14.1. The van der Waals surface area contributed by atoms with Crippen LogP contribution in [-0.4, -0.2) is 43.6 Å². The van der Waals surface area contributed by atoms with Gasteiger partial charge < -0.3 is 9.64 Å². The summed E-state index contributed by atoms with van der Waals surface area (Å²) in [5.41, 5.74) is -0.379. The molecule has 3 atom stereocenters. The highest BCUT2D eigenvalue weighted by atomic mass is 32.2. The quantitative estimate of drug-likeness (QED) is 0.203. The number of thioether (sulfide) groups is 1. The van der Waals surface area contributed by atoms with E-state index < -0.39 is 22.3 Å². The van der Waals surface area contributed by atoms with E-state index in [-0.39, 0.29) is 40.0 Å². The third-order valence-corrected chi connectivity index (χ3v) is 6.42. The van der Waals surface area contributed by atoms with Crippen molar-refractivity contribution in [1.29, 1.82) is 0 Å². The van der Waals surface area contributed by atoms with Crippen molar-refractivity contribution in [2.45, 2.75) is 71.2 Å². The number of carbonyl (C=O) groups is 3. The first kappa shape index (κ1) is 24.8. The average Bonchev–Trinajstić information content (AvgIpc) is 2.66. The lowest BCUT2D eigenvalue weighted by Crippen LogP contribution is -2.67. The van der Waals surface area contributed by atoms with Gasteiger partial charge in [0.1, 0.15) is 6.61 Å². The summed E-state index contributed by atoms with van der Waals surface area (Å²) in [5.74, 6) is -1.74. The number of nitro groups is 1. The number of nitrogens with zero attached hydrogens (tertiary/aromatic N) is 2. The van der Waals surface area contributed by atoms with Gasteiger partial charge in [-0.1, -0.05) is 48.5 Å². The molecule has 2 rings (SSSR count). The number of hydrogen-bond donors (Lipinski definition) is 0. The molecule has 0 aliphatic carbocycles. The average molecular weight is 451 g/mol. The van der Waals surface area contributed by atoms with Gasteiger partial charge in [0.25, 0.3) is 5.69 Å². The second-order valence-corrected chi connectivity index (χ2v) is 11.6. The van der Waals surface area contributed by atoms with Crippen LogP contribution in [0.15, 0.2) is 24.3 Å². The van der Waals surface area contributed by atoms with Gasteiger partial charge in [-0.3, -0.25) is 19.7 Å². The molecule has 31 heavy (non-hydrogen) atoms. The van der Waals surface area contributed by atoms with E-state index >= 15 is 0 Å². The Morgan fingerprint density at radius 2 is 1.71 bits per heavy atom. The molecule has 1 heterocycles. The smallest absolute Gasteiger partial charge is 0.337 e. The second-order valence-electron chi connectivity index (χ2n) is 9.70. The molecule has 3 unspecified atom stereocenters. The fraction of sp³-hybridized carbons (Fsp3) is 0.591. The van der Waals surface area contributed by atoms with E-state index in [4.69, 9.17) is 4.74 Å². The first-order valence-corrected chi connectivity index (χ1v) is 11.0. The molecule has 1 aliphatic rings. The highest BCUT2D eigenvalue weighted by Crippen LogP contribution is 2.43. The minimum absolute atomic E-state index is 0.0712. The number of amides is 1. The van der Waals surface area contributed by atoms with E-state index in [0.717, 1.165) is 0 Å². The monoisotopic (exact) mass is 450 g/mol. The molecular formula is C22H30N2O6S. The van der Waals surface area contributed by atoms with Crippen LogP contribution >= 0.6 is 11.8 Å². The molecule has 1 aromatic carbocycles. The minimum atomic E-state index is -1.33. The molecule has 170 valence electrons. The Hall–Kier alpha value is -2.42. The number of β-lactam (4-membered cyclic amide) rings is 1. The SMILES string of the molecule is CC1C(=O)N(C(C(=O)OCc2ccc([N+](=O)[O-])cc2)C(=O)C(C)(C)C)C1SC(C)(C)C. The van der Waals surface area contributed by atoms with Crippen LogP contribution in [-0.2, 0) is 25.7 Å². The van der Waals surface area contributed by atoms with E-state index in [1.54, 1.807) is 27.7 Å². The topological polar surface area (TPSA) is 107 Å². The van der Waals surface area contributed by atoms with Crippen LogP contribution in [0.2, 0.25) is 0 Å². The molecule has 0 N–H and O–H groups in total. The Bertz CT molecular complexity index is 869. The molecule has 1 saturated heterocycles. The zero-order valence-electron chi connectivity index (χ0n) is 19.0. The van der Waals surface area contributed by atoms with Gasteiger partial charge in [-0.15, -0.1) is 11.8 Å². The van der Waals surface area contributed by atoms with Gasteiger partial charge in [-0.05, 0) is 17.7 Å². The number of hydrogen-bond acceptors (Lipinski definition) is 7. The summed E-state index contributed by atoms with van der Waals surface area (Å²) in [6.45, 7) is 12.8. The highest BCUT2D eigenvalue weighted by Gasteiger charge is 2.55. The van der Waals surface area contributed by atoms with Gasteiger partial charge in [0.15, 0.2) is 11.8 Å². The third kappa shape index (κ3) is 5.84. The van der Waals surface area contributed by atoms with E-state index in [1.807, 2.05) is 20.8 Å². The summed E-state index contributed by atoms with van der Waals surface area (Å²) in [6, 6.07) is 4.28. The molecule has 0 aromatic heterocycles. The van der Waals surface area contributed by atoms with Crippen molar-refractivity contribution in [3.63, 3.8) is 0 Å². The lowest BCUT2D eigenvalue weighted by Gasteiger charge is -2.50. The summed E-state index contributed by atoms with van der Waals surface area (Å²) in [6.07, 6.45) is 0. The maximum atomic E-state index is 13.2. The van der Waals surface area contributed by atoms with Crippen LogP contribution in [0.5, 0.6) is 0 Å². The van der Waals surface area contributed by atoms with Crippen LogP contribution < -0.4 is 0 Å². The van der Waals surface area contributed by atoms with Gasteiger partial charge in [0.05, 0.1) is 16.2 Å². The molecule has 8 nitrogen and oxygen atoms in total. The summed E-state index contributed by atoms with van der Waals surface area (Å²) >= 11 is 1.54. The minimum Gasteiger partial charge on any atom is -0.459 e. The number of ether oxygens (including phenoxy) is 1. The molecule has 1 amide bonds. The largest absolute Gasteiger partial charge is 0.459 e. The number of Topliss-reactive ketones (excluding diaryl/α,β-unsaturated/α-hetero) is 1.